The van der Waals surface area contributed by atoms with Gasteiger partial charge in [-0.05, 0) is 24.3 Å². The zero-order valence-electron chi connectivity index (χ0n) is 9.46. The summed E-state index contributed by atoms with van der Waals surface area (Å²) in [5.74, 6) is 0.219. The topological polar surface area (TPSA) is 69.8 Å². The third kappa shape index (κ3) is 1.98. The highest BCUT2D eigenvalue weighted by Crippen LogP contribution is 2.22. The molecule has 92 valence electrons. The van der Waals surface area contributed by atoms with Crippen LogP contribution in [0.1, 0.15) is 11.3 Å². The van der Waals surface area contributed by atoms with Gasteiger partial charge in [-0.3, -0.25) is 0 Å². The van der Waals surface area contributed by atoms with Crippen LogP contribution < -0.4 is 16.3 Å². The third-order valence-electron chi connectivity index (χ3n) is 2.83. The van der Waals surface area contributed by atoms with Crippen molar-refractivity contribution in [2.75, 3.05) is 5.32 Å². The molecule has 0 fully saturated rings. The van der Waals surface area contributed by atoms with Crippen LogP contribution in [0.25, 0.3) is 0 Å². The fourth-order valence-electron chi connectivity index (χ4n) is 1.97. The Morgan fingerprint density at radius 3 is 2.78 bits per heavy atom. The first-order chi connectivity index (χ1) is 8.72. The Morgan fingerprint density at radius 2 is 2.00 bits per heavy atom. The van der Waals surface area contributed by atoms with Gasteiger partial charge in [0.05, 0.1) is 0 Å². The van der Waals surface area contributed by atoms with Crippen molar-refractivity contribution >= 4 is 11.5 Å². The number of anilines is 2. The second kappa shape index (κ2) is 4.23. The van der Waals surface area contributed by atoms with Crippen molar-refractivity contribution in [3.05, 3.63) is 51.8 Å². The first kappa shape index (κ1) is 10.9. The number of halogens is 1. The molecule has 0 saturated carbocycles. The Morgan fingerprint density at radius 1 is 1.22 bits per heavy atom. The summed E-state index contributed by atoms with van der Waals surface area (Å²) >= 11 is 0. The first-order valence-corrected chi connectivity index (χ1v) is 5.58. The van der Waals surface area contributed by atoms with Gasteiger partial charge >= 0.3 is 5.69 Å². The van der Waals surface area contributed by atoms with Crippen molar-refractivity contribution in [2.24, 2.45) is 0 Å². The summed E-state index contributed by atoms with van der Waals surface area (Å²) in [6, 6.07) is 5.92. The zero-order chi connectivity index (χ0) is 12.5. The Bertz CT molecular complexity index is 636. The van der Waals surface area contributed by atoms with Crippen LogP contribution in [-0.4, -0.2) is 9.97 Å². The molecule has 2 aromatic rings. The highest BCUT2D eigenvalue weighted by molar-refractivity contribution is 5.60. The molecule has 0 saturated heterocycles. The Hall–Kier alpha value is -2.21. The molecule has 1 aliphatic rings. The van der Waals surface area contributed by atoms with E-state index in [0.717, 1.165) is 11.3 Å². The molecule has 3 rings (SSSR count). The Labute approximate surface area is 102 Å². The summed E-state index contributed by atoms with van der Waals surface area (Å²) in [5.41, 5.74) is 2.10. The molecule has 0 aliphatic carbocycles. The first-order valence-electron chi connectivity index (χ1n) is 5.58. The van der Waals surface area contributed by atoms with Crippen LogP contribution in [0.5, 0.6) is 0 Å². The molecule has 0 amide bonds. The van der Waals surface area contributed by atoms with Crippen molar-refractivity contribution in [1.82, 2.24) is 15.3 Å². The van der Waals surface area contributed by atoms with Gasteiger partial charge in [-0.2, -0.15) is 4.98 Å². The number of aromatic amines is 1. The largest absolute Gasteiger partial charge is 0.347 e. The maximum Gasteiger partial charge on any atom is 0.347 e. The number of aromatic nitrogens is 2. The monoisotopic (exact) mass is 246 g/mol. The molecule has 0 bridgehead atoms. The van der Waals surface area contributed by atoms with E-state index in [1.807, 2.05) is 0 Å². The van der Waals surface area contributed by atoms with E-state index in [0.29, 0.717) is 24.6 Å². The highest BCUT2D eigenvalue weighted by atomic mass is 19.1. The smallest absolute Gasteiger partial charge is 0.340 e. The summed E-state index contributed by atoms with van der Waals surface area (Å²) < 4.78 is 12.8. The van der Waals surface area contributed by atoms with Crippen LogP contribution in [0.15, 0.2) is 29.1 Å². The summed E-state index contributed by atoms with van der Waals surface area (Å²) in [7, 11) is 0. The molecule has 3 N–H and O–H groups in total. The molecule has 0 atom stereocenters. The van der Waals surface area contributed by atoms with Gasteiger partial charge in [-0.1, -0.05) is 0 Å². The molecule has 5 nitrogen and oxygen atoms in total. The molecular formula is C12H11FN4O. The Balaban J connectivity index is 1.98. The fourth-order valence-corrected chi connectivity index (χ4v) is 1.97. The van der Waals surface area contributed by atoms with Gasteiger partial charge in [0, 0.05) is 30.0 Å². The number of benzene rings is 1. The van der Waals surface area contributed by atoms with Crippen LogP contribution in [0.2, 0.25) is 0 Å². The molecule has 1 aromatic carbocycles. The minimum atomic E-state index is -0.387. The van der Waals surface area contributed by atoms with E-state index in [2.05, 4.69) is 20.6 Å². The Kier molecular flexibility index (Phi) is 2.56. The summed E-state index contributed by atoms with van der Waals surface area (Å²) in [6.45, 7) is 1.29. The molecule has 18 heavy (non-hydrogen) atoms. The normalized spacial score (nSPS) is 13.4. The number of hydrogen-bond donors (Lipinski definition) is 3. The van der Waals surface area contributed by atoms with Gasteiger partial charge in [0.1, 0.15) is 11.6 Å². The lowest BCUT2D eigenvalue weighted by molar-refractivity contribution is 0.628. The summed E-state index contributed by atoms with van der Waals surface area (Å²) in [4.78, 5) is 18.0. The molecular weight excluding hydrogens is 235 g/mol. The number of hydrogen-bond acceptors (Lipinski definition) is 4. The highest BCUT2D eigenvalue weighted by Gasteiger charge is 2.17. The van der Waals surface area contributed by atoms with E-state index in [-0.39, 0.29) is 11.5 Å². The maximum absolute atomic E-state index is 12.8. The van der Waals surface area contributed by atoms with Gasteiger partial charge in [-0.25, -0.2) is 9.18 Å². The van der Waals surface area contributed by atoms with E-state index in [4.69, 9.17) is 0 Å². The van der Waals surface area contributed by atoms with Crippen LogP contribution >= 0.6 is 0 Å². The predicted octanol–water partition coefficient (Wildman–Crippen LogP) is 1.26. The predicted molar refractivity (Wildman–Crippen MR) is 65.1 cm³/mol. The molecule has 2 heterocycles. The van der Waals surface area contributed by atoms with Gasteiger partial charge in [0.25, 0.3) is 0 Å². The summed E-state index contributed by atoms with van der Waals surface area (Å²) in [6.07, 6.45) is 0. The minimum absolute atomic E-state index is 0.300. The van der Waals surface area contributed by atoms with Crippen molar-refractivity contribution in [3.8, 4) is 0 Å². The van der Waals surface area contributed by atoms with E-state index in [1.165, 1.54) is 12.1 Å². The van der Waals surface area contributed by atoms with Crippen LogP contribution in [-0.2, 0) is 13.1 Å². The quantitative estimate of drug-likeness (QED) is 0.746. The standard InChI is InChI=1S/C12H11FN4O/c13-7-1-3-8(4-2-7)15-11-9-5-14-6-10(9)16-12(18)17-11/h1-4,14H,5-6H2,(H2,15,16,17,18). The molecule has 0 unspecified atom stereocenters. The van der Waals surface area contributed by atoms with Gasteiger partial charge in [0.15, 0.2) is 0 Å². The minimum Gasteiger partial charge on any atom is -0.340 e. The second-order valence-electron chi connectivity index (χ2n) is 4.08. The molecule has 0 spiro atoms. The zero-order valence-corrected chi connectivity index (χ0v) is 9.46. The van der Waals surface area contributed by atoms with Crippen LogP contribution in [0.4, 0.5) is 15.9 Å². The number of H-pyrrole nitrogens is 1. The van der Waals surface area contributed by atoms with Crippen LogP contribution in [0, 0.1) is 5.82 Å². The number of rotatable bonds is 2. The van der Waals surface area contributed by atoms with Gasteiger partial charge in [0.2, 0.25) is 0 Å². The molecule has 0 radical (unpaired) electrons. The number of nitrogens with zero attached hydrogens (tertiary/aromatic N) is 1. The van der Waals surface area contributed by atoms with E-state index in [9.17, 15) is 9.18 Å². The SMILES string of the molecule is O=c1nc(Nc2ccc(F)cc2)c2c([nH]1)CNC2. The average molecular weight is 246 g/mol. The van der Waals surface area contributed by atoms with Gasteiger partial charge in [-0.15, -0.1) is 0 Å². The molecule has 6 heteroatoms. The molecule has 1 aromatic heterocycles. The van der Waals surface area contributed by atoms with Crippen molar-refractivity contribution in [2.45, 2.75) is 13.1 Å². The lowest BCUT2D eigenvalue weighted by atomic mass is 10.2. The number of fused-ring (bicyclic) bond motifs is 1. The van der Waals surface area contributed by atoms with E-state index < -0.39 is 0 Å². The van der Waals surface area contributed by atoms with Gasteiger partial charge < -0.3 is 15.6 Å². The second-order valence-corrected chi connectivity index (χ2v) is 4.08. The maximum atomic E-state index is 12.8. The number of nitrogens with one attached hydrogen (secondary N) is 3. The fraction of sp³-hybridized carbons (Fsp3) is 0.167. The third-order valence-corrected chi connectivity index (χ3v) is 2.83. The summed E-state index contributed by atoms with van der Waals surface area (Å²) in [5, 5.41) is 6.17. The van der Waals surface area contributed by atoms with Crippen molar-refractivity contribution in [3.63, 3.8) is 0 Å². The lowest BCUT2D eigenvalue weighted by Crippen LogP contribution is -2.16. The average Bonchev–Trinajstić information content (AvgIpc) is 2.80. The molecule has 1 aliphatic heterocycles. The lowest BCUT2D eigenvalue weighted by Gasteiger charge is -2.08. The van der Waals surface area contributed by atoms with Crippen molar-refractivity contribution in [1.29, 1.82) is 0 Å². The van der Waals surface area contributed by atoms with E-state index in [1.54, 1.807) is 12.1 Å². The van der Waals surface area contributed by atoms with E-state index >= 15 is 0 Å². The van der Waals surface area contributed by atoms with Crippen LogP contribution in [0.3, 0.4) is 0 Å². The van der Waals surface area contributed by atoms with Crippen molar-refractivity contribution < 1.29 is 4.39 Å².